The van der Waals surface area contributed by atoms with E-state index in [9.17, 15) is 0 Å². The van der Waals surface area contributed by atoms with Crippen molar-refractivity contribution in [3.05, 3.63) is 0 Å². The highest BCUT2D eigenvalue weighted by atomic mass is 15.2. The van der Waals surface area contributed by atoms with E-state index in [1.807, 2.05) is 0 Å². The predicted octanol–water partition coefficient (Wildman–Crippen LogP) is 0.690. The van der Waals surface area contributed by atoms with Crippen LogP contribution in [-0.4, -0.2) is 37.1 Å². The quantitative estimate of drug-likeness (QED) is 0.610. The molecule has 0 radical (unpaired) electrons. The standard InChI is InChI=1S/C8H18N2/c1-3-8(2)10-6-4-9-5-7-10/h8-9H,3-7H2,1-2H3/t8-/m1/s1. The second-order valence-corrected chi connectivity index (χ2v) is 3.04. The van der Waals surface area contributed by atoms with Gasteiger partial charge < -0.3 is 5.32 Å². The van der Waals surface area contributed by atoms with Gasteiger partial charge in [-0.3, -0.25) is 4.90 Å². The van der Waals surface area contributed by atoms with Crippen molar-refractivity contribution < 1.29 is 0 Å². The topological polar surface area (TPSA) is 15.3 Å². The molecule has 1 aliphatic heterocycles. The maximum atomic E-state index is 3.35. The first-order valence-corrected chi connectivity index (χ1v) is 4.29. The van der Waals surface area contributed by atoms with E-state index in [1.54, 1.807) is 0 Å². The second kappa shape index (κ2) is 3.94. The Morgan fingerprint density at radius 1 is 1.40 bits per heavy atom. The van der Waals surface area contributed by atoms with Crippen LogP contribution in [0, 0.1) is 0 Å². The molecule has 1 rings (SSSR count). The molecule has 2 nitrogen and oxygen atoms in total. The molecule has 0 aliphatic carbocycles. The molecule has 0 saturated carbocycles. The van der Waals surface area contributed by atoms with Gasteiger partial charge in [-0.15, -0.1) is 0 Å². The number of hydrogen-bond acceptors (Lipinski definition) is 2. The van der Waals surface area contributed by atoms with E-state index in [0.717, 1.165) is 6.04 Å². The van der Waals surface area contributed by atoms with Crippen molar-refractivity contribution in [2.24, 2.45) is 0 Å². The number of rotatable bonds is 2. The normalized spacial score (nSPS) is 24.6. The van der Waals surface area contributed by atoms with Crippen molar-refractivity contribution in [2.45, 2.75) is 26.3 Å². The summed E-state index contributed by atoms with van der Waals surface area (Å²) in [6, 6.07) is 0.780. The first-order chi connectivity index (χ1) is 4.84. The summed E-state index contributed by atoms with van der Waals surface area (Å²) in [5, 5.41) is 3.35. The molecule has 0 aromatic carbocycles. The highest BCUT2D eigenvalue weighted by Gasteiger charge is 2.13. The van der Waals surface area contributed by atoms with Crippen molar-refractivity contribution in [2.75, 3.05) is 26.2 Å². The Hall–Kier alpha value is -0.0800. The zero-order chi connectivity index (χ0) is 7.40. The lowest BCUT2D eigenvalue weighted by atomic mass is 10.2. The Morgan fingerprint density at radius 3 is 2.50 bits per heavy atom. The monoisotopic (exact) mass is 142 g/mol. The SMILES string of the molecule is CC[C@@H](C)N1CCNCC1. The largest absolute Gasteiger partial charge is 0.314 e. The number of nitrogens with zero attached hydrogens (tertiary/aromatic N) is 1. The number of nitrogens with one attached hydrogen (secondary N) is 1. The van der Waals surface area contributed by atoms with E-state index in [-0.39, 0.29) is 0 Å². The molecule has 0 bridgehead atoms. The first-order valence-electron chi connectivity index (χ1n) is 4.29. The Bertz CT molecular complexity index is 87.3. The van der Waals surface area contributed by atoms with Crippen molar-refractivity contribution >= 4 is 0 Å². The van der Waals surface area contributed by atoms with Gasteiger partial charge in [0.2, 0.25) is 0 Å². The van der Waals surface area contributed by atoms with Crippen LogP contribution in [0.1, 0.15) is 20.3 Å². The smallest absolute Gasteiger partial charge is 0.0110 e. The van der Waals surface area contributed by atoms with Gasteiger partial charge in [-0.2, -0.15) is 0 Å². The summed E-state index contributed by atoms with van der Waals surface area (Å²) in [4.78, 5) is 2.55. The molecule has 10 heavy (non-hydrogen) atoms. The van der Waals surface area contributed by atoms with Gasteiger partial charge in [0.05, 0.1) is 0 Å². The number of piperazine rings is 1. The van der Waals surface area contributed by atoms with Crippen LogP contribution in [0.3, 0.4) is 0 Å². The average Bonchev–Trinajstić information content (AvgIpc) is 2.05. The van der Waals surface area contributed by atoms with Crippen LogP contribution in [-0.2, 0) is 0 Å². The summed E-state index contributed by atoms with van der Waals surface area (Å²) in [6.45, 7) is 9.37. The van der Waals surface area contributed by atoms with Gasteiger partial charge in [-0.25, -0.2) is 0 Å². The molecule has 2 heteroatoms. The Kier molecular flexibility index (Phi) is 3.16. The molecule has 1 N–H and O–H groups in total. The van der Waals surface area contributed by atoms with Gasteiger partial charge in [0.1, 0.15) is 0 Å². The van der Waals surface area contributed by atoms with Crippen molar-refractivity contribution in [3.63, 3.8) is 0 Å². The van der Waals surface area contributed by atoms with E-state index in [4.69, 9.17) is 0 Å². The summed E-state index contributed by atoms with van der Waals surface area (Å²) in [5.41, 5.74) is 0. The second-order valence-electron chi connectivity index (χ2n) is 3.04. The highest BCUT2D eigenvalue weighted by Crippen LogP contribution is 2.03. The van der Waals surface area contributed by atoms with Gasteiger partial charge in [0, 0.05) is 32.2 Å². The first kappa shape index (κ1) is 8.02. The minimum Gasteiger partial charge on any atom is -0.314 e. The minimum absolute atomic E-state index is 0.780. The van der Waals surface area contributed by atoms with Crippen LogP contribution in [0.4, 0.5) is 0 Å². The van der Waals surface area contributed by atoms with E-state index in [1.165, 1.54) is 32.6 Å². The minimum atomic E-state index is 0.780. The van der Waals surface area contributed by atoms with E-state index >= 15 is 0 Å². The fraction of sp³-hybridized carbons (Fsp3) is 1.00. The zero-order valence-electron chi connectivity index (χ0n) is 7.06. The van der Waals surface area contributed by atoms with Gasteiger partial charge in [0.15, 0.2) is 0 Å². The van der Waals surface area contributed by atoms with Crippen molar-refractivity contribution in [1.29, 1.82) is 0 Å². The summed E-state index contributed by atoms with van der Waals surface area (Å²) in [5.74, 6) is 0. The molecule has 0 unspecified atom stereocenters. The summed E-state index contributed by atoms with van der Waals surface area (Å²) < 4.78 is 0. The molecule has 1 atom stereocenters. The molecule has 0 aromatic heterocycles. The number of hydrogen-bond donors (Lipinski definition) is 1. The molecule has 1 saturated heterocycles. The third kappa shape index (κ3) is 1.96. The fourth-order valence-corrected chi connectivity index (χ4v) is 1.38. The Morgan fingerprint density at radius 2 is 2.00 bits per heavy atom. The van der Waals surface area contributed by atoms with Gasteiger partial charge in [-0.05, 0) is 13.3 Å². The van der Waals surface area contributed by atoms with Crippen LogP contribution in [0.2, 0.25) is 0 Å². The van der Waals surface area contributed by atoms with Crippen molar-refractivity contribution in [1.82, 2.24) is 10.2 Å². The molecule has 0 amide bonds. The van der Waals surface area contributed by atoms with Crippen LogP contribution < -0.4 is 5.32 Å². The highest BCUT2D eigenvalue weighted by molar-refractivity contribution is 4.71. The predicted molar refractivity (Wildman–Crippen MR) is 44.2 cm³/mol. The zero-order valence-corrected chi connectivity index (χ0v) is 7.06. The van der Waals surface area contributed by atoms with Gasteiger partial charge in [0.25, 0.3) is 0 Å². The maximum absolute atomic E-state index is 3.35. The van der Waals surface area contributed by atoms with Crippen LogP contribution in [0.5, 0.6) is 0 Å². The van der Waals surface area contributed by atoms with Crippen LogP contribution in [0.15, 0.2) is 0 Å². The summed E-state index contributed by atoms with van der Waals surface area (Å²) >= 11 is 0. The molecule has 1 aliphatic rings. The molecule has 0 aromatic rings. The van der Waals surface area contributed by atoms with Gasteiger partial charge in [-0.1, -0.05) is 6.92 Å². The summed E-state index contributed by atoms with van der Waals surface area (Å²) in [6.07, 6.45) is 1.28. The summed E-state index contributed by atoms with van der Waals surface area (Å²) in [7, 11) is 0. The lowest BCUT2D eigenvalue weighted by Crippen LogP contribution is -2.47. The van der Waals surface area contributed by atoms with E-state index in [2.05, 4.69) is 24.1 Å². The third-order valence-electron chi connectivity index (χ3n) is 2.37. The molecule has 0 spiro atoms. The average molecular weight is 142 g/mol. The van der Waals surface area contributed by atoms with E-state index < -0.39 is 0 Å². The van der Waals surface area contributed by atoms with Crippen LogP contribution in [0.25, 0.3) is 0 Å². The Balaban J connectivity index is 2.24. The van der Waals surface area contributed by atoms with Gasteiger partial charge >= 0.3 is 0 Å². The Labute approximate surface area is 63.6 Å². The lowest BCUT2D eigenvalue weighted by molar-refractivity contribution is 0.180. The van der Waals surface area contributed by atoms with Crippen LogP contribution >= 0.6 is 0 Å². The van der Waals surface area contributed by atoms with Crippen molar-refractivity contribution in [3.8, 4) is 0 Å². The molecule has 1 fully saturated rings. The third-order valence-corrected chi connectivity index (χ3v) is 2.37. The lowest BCUT2D eigenvalue weighted by Gasteiger charge is -2.32. The fourth-order valence-electron chi connectivity index (χ4n) is 1.38. The molecular weight excluding hydrogens is 124 g/mol. The molecule has 60 valence electrons. The molecular formula is C8H18N2. The maximum Gasteiger partial charge on any atom is 0.0110 e. The molecule has 1 heterocycles. The van der Waals surface area contributed by atoms with E-state index in [0.29, 0.717) is 0 Å².